The Hall–Kier alpha value is -0.760. The molecule has 2 heteroatoms. The molecular formula is C13H21NO. The summed E-state index contributed by atoms with van der Waals surface area (Å²) in [5.74, 6) is 0. The van der Waals surface area contributed by atoms with Crippen molar-refractivity contribution in [2.24, 2.45) is 0 Å². The largest absolute Gasteiger partial charge is 0.391 e. The number of rotatable bonds is 1. The van der Waals surface area contributed by atoms with Crippen LogP contribution in [-0.2, 0) is 0 Å². The molecule has 0 aliphatic heterocycles. The summed E-state index contributed by atoms with van der Waals surface area (Å²) in [7, 11) is 0. The minimum absolute atomic E-state index is 0.155. The average Bonchev–Trinajstić information content (AvgIpc) is 2.42. The predicted molar refractivity (Wildman–Crippen MR) is 62.0 cm³/mol. The van der Waals surface area contributed by atoms with Gasteiger partial charge in [-0.2, -0.15) is 0 Å². The highest BCUT2D eigenvalue weighted by molar-refractivity contribution is 5.15. The third kappa shape index (κ3) is 2.10. The van der Waals surface area contributed by atoms with Gasteiger partial charge in [0.25, 0.3) is 0 Å². The zero-order valence-corrected chi connectivity index (χ0v) is 9.74. The van der Waals surface area contributed by atoms with Crippen molar-refractivity contribution in [3.8, 4) is 0 Å². The first-order valence-corrected chi connectivity index (χ1v) is 6.02. The number of aliphatic hydroxyl groups is 1. The van der Waals surface area contributed by atoms with Crippen molar-refractivity contribution < 1.29 is 5.11 Å². The Labute approximate surface area is 91.9 Å². The number of hydrogen-bond acceptors (Lipinski definition) is 1. The second-order valence-electron chi connectivity index (χ2n) is 4.76. The van der Waals surface area contributed by atoms with Gasteiger partial charge in [0.15, 0.2) is 0 Å². The molecule has 1 aromatic heterocycles. The Morgan fingerprint density at radius 3 is 2.33 bits per heavy atom. The van der Waals surface area contributed by atoms with Gasteiger partial charge >= 0.3 is 0 Å². The lowest BCUT2D eigenvalue weighted by atomic mass is 10.1. The van der Waals surface area contributed by atoms with Crippen molar-refractivity contribution in [3.05, 3.63) is 23.5 Å². The van der Waals surface area contributed by atoms with Crippen molar-refractivity contribution in [3.63, 3.8) is 0 Å². The summed E-state index contributed by atoms with van der Waals surface area (Å²) in [6.45, 7) is 4.26. The van der Waals surface area contributed by atoms with E-state index in [2.05, 4.69) is 30.5 Å². The first-order chi connectivity index (χ1) is 7.20. The molecule has 1 N–H and O–H groups in total. The van der Waals surface area contributed by atoms with Crippen molar-refractivity contribution in [2.75, 3.05) is 0 Å². The van der Waals surface area contributed by atoms with Gasteiger partial charge in [0.1, 0.15) is 0 Å². The smallest absolute Gasteiger partial charge is 0.0747 e. The third-order valence-corrected chi connectivity index (χ3v) is 3.60. The Balaban J connectivity index is 2.27. The second-order valence-corrected chi connectivity index (χ2v) is 4.76. The summed E-state index contributed by atoms with van der Waals surface area (Å²) in [5.41, 5.74) is 2.55. The topological polar surface area (TPSA) is 25.2 Å². The van der Waals surface area contributed by atoms with Crippen LogP contribution in [0.2, 0.25) is 0 Å². The van der Waals surface area contributed by atoms with Crippen LogP contribution >= 0.6 is 0 Å². The lowest BCUT2D eigenvalue weighted by Crippen LogP contribution is -2.24. The van der Waals surface area contributed by atoms with Gasteiger partial charge in [-0.25, -0.2) is 0 Å². The Bertz CT molecular complexity index is 310. The molecule has 0 amide bonds. The van der Waals surface area contributed by atoms with Gasteiger partial charge in [-0.3, -0.25) is 0 Å². The molecule has 0 spiro atoms. The lowest BCUT2D eigenvalue weighted by Gasteiger charge is -2.25. The molecule has 1 aliphatic carbocycles. The first kappa shape index (κ1) is 10.7. The Morgan fingerprint density at radius 1 is 1.07 bits per heavy atom. The van der Waals surface area contributed by atoms with Crippen LogP contribution in [0.1, 0.15) is 49.5 Å². The molecule has 1 fully saturated rings. The number of aromatic nitrogens is 1. The van der Waals surface area contributed by atoms with Crippen LogP contribution < -0.4 is 0 Å². The third-order valence-electron chi connectivity index (χ3n) is 3.60. The fraction of sp³-hybridized carbons (Fsp3) is 0.692. The van der Waals surface area contributed by atoms with Gasteiger partial charge in [0.2, 0.25) is 0 Å². The molecule has 0 bridgehead atoms. The van der Waals surface area contributed by atoms with E-state index in [0.29, 0.717) is 6.04 Å². The van der Waals surface area contributed by atoms with Gasteiger partial charge in [-0.05, 0) is 38.8 Å². The van der Waals surface area contributed by atoms with E-state index >= 15 is 0 Å². The Morgan fingerprint density at radius 2 is 1.67 bits per heavy atom. The second kappa shape index (κ2) is 4.40. The van der Waals surface area contributed by atoms with E-state index in [0.717, 1.165) is 12.8 Å². The maximum Gasteiger partial charge on any atom is 0.0747 e. The fourth-order valence-corrected chi connectivity index (χ4v) is 2.77. The minimum atomic E-state index is -0.155. The Kier molecular flexibility index (Phi) is 3.15. The van der Waals surface area contributed by atoms with Crippen LogP contribution in [0, 0.1) is 13.8 Å². The highest BCUT2D eigenvalue weighted by Gasteiger charge is 2.24. The predicted octanol–water partition coefficient (Wildman–Crippen LogP) is 2.97. The number of aliphatic hydroxyl groups excluding tert-OH is 1. The maximum atomic E-state index is 10.1. The molecule has 1 saturated carbocycles. The molecule has 0 saturated heterocycles. The SMILES string of the molecule is Cc1ccc(C)n1C1CCCCCC1O. The van der Waals surface area contributed by atoms with Crippen molar-refractivity contribution in [1.29, 1.82) is 0 Å². The average molecular weight is 207 g/mol. The zero-order chi connectivity index (χ0) is 10.8. The number of nitrogens with zero attached hydrogens (tertiary/aromatic N) is 1. The molecular weight excluding hydrogens is 186 g/mol. The molecule has 84 valence electrons. The highest BCUT2D eigenvalue weighted by Crippen LogP contribution is 2.30. The van der Waals surface area contributed by atoms with E-state index in [-0.39, 0.29) is 6.10 Å². The standard InChI is InChI=1S/C13H21NO/c1-10-8-9-11(2)14(10)12-6-4-3-5-7-13(12)15/h8-9,12-13,15H,3-7H2,1-2H3. The normalized spacial score (nSPS) is 27.7. The van der Waals surface area contributed by atoms with Gasteiger partial charge in [0.05, 0.1) is 12.1 Å². The first-order valence-electron chi connectivity index (χ1n) is 6.02. The summed E-state index contributed by atoms with van der Waals surface area (Å²) >= 11 is 0. The van der Waals surface area contributed by atoms with E-state index in [1.54, 1.807) is 0 Å². The van der Waals surface area contributed by atoms with Crippen LogP contribution in [0.4, 0.5) is 0 Å². The maximum absolute atomic E-state index is 10.1. The molecule has 1 aromatic rings. The molecule has 2 unspecified atom stereocenters. The van der Waals surface area contributed by atoms with Crippen LogP contribution in [0.3, 0.4) is 0 Å². The molecule has 1 aliphatic rings. The van der Waals surface area contributed by atoms with Crippen LogP contribution in [0.15, 0.2) is 12.1 Å². The summed E-state index contributed by atoms with van der Waals surface area (Å²) in [6.07, 6.45) is 5.62. The van der Waals surface area contributed by atoms with Crippen molar-refractivity contribution >= 4 is 0 Å². The van der Waals surface area contributed by atoms with E-state index in [9.17, 15) is 5.11 Å². The quantitative estimate of drug-likeness (QED) is 0.704. The van der Waals surface area contributed by atoms with Crippen LogP contribution in [-0.4, -0.2) is 15.8 Å². The van der Waals surface area contributed by atoms with Gasteiger partial charge in [-0.15, -0.1) is 0 Å². The van der Waals surface area contributed by atoms with Crippen molar-refractivity contribution in [2.45, 2.75) is 58.1 Å². The molecule has 15 heavy (non-hydrogen) atoms. The highest BCUT2D eigenvalue weighted by atomic mass is 16.3. The minimum Gasteiger partial charge on any atom is -0.391 e. The molecule has 0 radical (unpaired) electrons. The van der Waals surface area contributed by atoms with Crippen LogP contribution in [0.25, 0.3) is 0 Å². The molecule has 0 aromatic carbocycles. The number of aryl methyl sites for hydroxylation is 2. The van der Waals surface area contributed by atoms with Crippen molar-refractivity contribution in [1.82, 2.24) is 4.57 Å². The summed E-state index contributed by atoms with van der Waals surface area (Å²) < 4.78 is 2.32. The fourth-order valence-electron chi connectivity index (χ4n) is 2.77. The monoisotopic (exact) mass is 207 g/mol. The molecule has 2 atom stereocenters. The van der Waals surface area contributed by atoms with Gasteiger partial charge in [-0.1, -0.05) is 19.3 Å². The van der Waals surface area contributed by atoms with Crippen LogP contribution in [0.5, 0.6) is 0 Å². The number of hydrogen-bond donors (Lipinski definition) is 1. The zero-order valence-electron chi connectivity index (χ0n) is 9.74. The molecule has 2 nitrogen and oxygen atoms in total. The molecule has 2 rings (SSSR count). The van der Waals surface area contributed by atoms with Gasteiger partial charge < -0.3 is 9.67 Å². The molecule has 1 heterocycles. The lowest BCUT2D eigenvalue weighted by molar-refractivity contribution is 0.104. The van der Waals surface area contributed by atoms with E-state index < -0.39 is 0 Å². The summed E-state index contributed by atoms with van der Waals surface area (Å²) in [5, 5.41) is 10.1. The summed E-state index contributed by atoms with van der Waals surface area (Å²) in [4.78, 5) is 0. The van der Waals surface area contributed by atoms with E-state index in [4.69, 9.17) is 0 Å². The van der Waals surface area contributed by atoms with E-state index in [1.807, 2.05) is 0 Å². The summed E-state index contributed by atoms with van der Waals surface area (Å²) in [6, 6.07) is 4.60. The van der Waals surface area contributed by atoms with Gasteiger partial charge in [0, 0.05) is 11.4 Å². The van der Waals surface area contributed by atoms with E-state index in [1.165, 1.54) is 30.7 Å².